The third-order valence-electron chi connectivity index (χ3n) is 2.04. The second-order valence-corrected chi connectivity index (χ2v) is 5.05. The van der Waals surface area contributed by atoms with E-state index < -0.39 is 10.1 Å². The number of phenolic OH excluding ortho intramolecular Hbond substituents is 1. The first kappa shape index (κ1) is 14.2. The fourth-order valence-electron chi connectivity index (χ4n) is 1.20. The van der Waals surface area contributed by atoms with Gasteiger partial charge < -0.3 is 5.11 Å². The van der Waals surface area contributed by atoms with Gasteiger partial charge in [-0.2, -0.15) is 8.42 Å². The molecule has 0 saturated heterocycles. The zero-order chi connectivity index (χ0) is 13.6. The number of benzene rings is 2. The zero-order valence-corrected chi connectivity index (χ0v) is 10.6. The van der Waals surface area contributed by atoms with E-state index in [1.165, 1.54) is 12.1 Å². The minimum Gasteiger partial charge on any atom is -0.508 e. The first-order valence-corrected chi connectivity index (χ1v) is 6.62. The molecule has 0 aliphatic rings. The van der Waals surface area contributed by atoms with Gasteiger partial charge in [0, 0.05) is 0 Å². The van der Waals surface area contributed by atoms with Crippen LogP contribution in [0.3, 0.4) is 0 Å². The van der Waals surface area contributed by atoms with Crippen LogP contribution < -0.4 is 0 Å². The highest BCUT2D eigenvalue weighted by Gasteiger charge is 2.07. The van der Waals surface area contributed by atoms with Gasteiger partial charge in [0.2, 0.25) is 0 Å². The van der Waals surface area contributed by atoms with E-state index in [9.17, 15) is 8.42 Å². The van der Waals surface area contributed by atoms with Crippen molar-refractivity contribution in [3.63, 3.8) is 0 Å². The molecule has 0 amide bonds. The maximum Gasteiger partial charge on any atom is 0.294 e. The zero-order valence-electron chi connectivity index (χ0n) is 9.82. The Bertz CT molecular complexity index is 591. The first-order chi connectivity index (χ1) is 8.39. The van der Waals surface area contributed by atoms with E-state index in [1.54, 1.807) is 43.3 Å². The summed E-state index contributed by atoms with van der Waals surface area (Å²) < 4.78 is 29.7. The highest BCUT2D eigenvalue weighted by molar-refractivity contribution is 7.85. The normalized spacial score (nSPS) is 10.3. The molecule has 4 nitrogen and oxygen atoms in total. The molecule has 2 N–H and O–H groups in total. The van der Waals surface area contributed by atoms with Crippen LogP contribution in [0.5, 0.6) is 5.75 Å². The van der Waals surface area contributed by atoms with Gasteiger partial charge >= 0.3 is 0 Å². The molecule has 0 atom stereocenters. The van der Waals surface area contributed by atoms with Crippen molar-refractivity contribution < 1.29 is 18.1 Å². The van der Waals surface area contributed by atoms with Crippen LogP contribution in [0.15, 0.2) is 59.5 Å². The molecule has 0 bridgehead atoms. The molecule has 0 fully saturated rings. The number of hydrogen-bond donors (Lipinski definition) is 2. The van der Waals surface area contributed by atoms with Crippen LogP contribution in [0.1, 0.15) is 5.56 Å². The summed E-state index contributed by atoms with van der Waals surface area (Å²) in [5, 5.41) is 8.63. The summed E-state index contributed by atoms with van der Waals surface area (Å²) >= 11 is 0. The van der Waals surface area contributed by atoms with Crippen molar-refractivity contribution in [2.45, 2.75) is 11.8 Å². The lowest BCUT2D eigenvalue weighted by atomic mass is 10.2. The van der Waals surface area contributed by atoms with Crippen LogP contribution in [0.4, 0.5) is 0 Å². The Morgan fingerprint density at radius 3 is 1.89 bits per heavy atom. The molecule has 0 unspecified atom stereocenters. The highest BCUT2D eigenvalue weighted by atomic mass is 32.2. The predicted molar refractivity (Wildman–Crippen MR) is 69.1 cm³/mol. The van der Waals surface area contributed by atoms with Crippen molar-refractivity contribution in [1.29, 1.82) is 0 Å². The second-order valence-electron chi connectivity index (χ2n) is 3.63. The minimum absolute atomic E-state index is 0.0579. The largest absolute Gasteiger partial charge is 0.508 e. The number of aromatic hydroxyl groups is 1. The van der Waals surface area contributed by atoms with Crippen molar-refractivity contribution in [2.75, 3.05) is 0 Å². The van der Waals surface area contributed by atoms with Gasteiger partial charge in [-0.25, -0.2) is 0 Å². The lowest BCUT2D eigenvalue weighted by Crippen LogP contribution is -1.97. The van der Waals surface area contributed by atoms with Crippen LogP contribution in [0.2, 0.25) is 0 Å². The van der Waals surface area contributed by atoms with Gasteiger partial charge in [0.15, 0.2) is 0 Å². The third kappa shape index (κ3) is 4.99. The molecule has 2 aromatic rings. The van der Waals surface area contributed by atoms with Crippen LogP contribution in [-0.2, 0) is 10.1 Å². The van der Waals surface area contributed by atoms with E-state index in [4.69, 9.17) is 9.66 Å². The van der Waals surface area contributed by atoms with Gasteiger partial charge in [0.25, 0.3) is 10.1 Å². The van der Waals surface area contributed by atoms with Crippen molar-refractivity contribution >= 4 is 10.1 Å². The number of rotatable bonds is 1. The van der Waals surface area contributed by atoms with E-state index in [0.717, 1.165) is 5.56 Å². The SMILES string of the molecule is Cc1cccc(S(=O)(=O)O)c1.Oc1ccccc1. The molecule has 0 saturated carbocycles. The third-order valence-corrected chi connectivity index (χ3v) is 2.89. The van der Waals surface area contributed by atoms with Crippen LogP contribution in [0.25, 0.3) is 0 Å². The molecule has 0 aliphatic heterocycles. The van der Waals surface area contributed by atoms with Gasteiger partial charge in [-0.05, 0) is 36.8 Å². The van der Waals surface area contributed by atoms with Gasteiger partial charge in [-0.15, -0.1) is 0 Å². The van der Waals surface area contributed by atoms with E-state index in [0.29, 0.717) is 5.75 Å². The fourth-order valence-corrected chi connectivity index (χ4v) is 1.79. The molecule has 18 heavy (non-hydrogen) atoms. The van der Waals surface area contributed by atoms with Crippen LogP contribution >= 0.6 is 0 Å². The average molecular weight is 266 g/mol. The number of aryl methyl sites for hydroxylation is 1. The van der Waals surface area contributed by atoms with E-state index >= 15 is 0 Å². The molecule has 2 aromatic carbocycles. The Kier molecular flexibility index (Phi) is 4.88. The number of para-hydroxylation sites is 1. The number of hydrogen-bond acceptors (Lipinski definition) is 3. The fraction of sp³-hybridized carbons (Fsp3) is 0.0769. The van der Waals surface area contributed by atoms with E-state index in [2.05, 4.69) is 0 Å². The summed E-state index contributed by atoms with van der Waals surface area (Å²) in [7, 11) is -4.03. The molecule has 2 rings (SSSR count). The summed E-state index contributed by atoms with van der Waals surface area (Å²) in [4.78, 5) is -0.0579. The van der Waals surface area contributed by atoms with Gasteiger partial charge in [0.1, 0.15) is 5.75 Å². The van der Waals surface area contributed by atoms with Crippen molar-refractivity contribution in [3.8, 4) is 5.75 Å². The molecule has 96 valence electrons. The number of phenols is 1. The summed E-state index contributed by atoms with van der Waals surface area (Å²) in [6, 6.07) is 14.8. The standard InChI is InChI=1S/C7H8O3S.C6H6O/c1-6-3-2-4-7(5-6)11(8,9)10;7-6-4-2-1-3-5-6/h2-5H,1H3,(H,8,9,10);1-5,7H. The van der Waals surface area contributed by atoms with Gasteiger partial charge in [0.05, 0.1) is 4.90 Å². The summed E-state index contributed by atoms with van der Waals surface area (Å²) in [5.74, 6) is 0.322. The van der Waals surface area contributed by atoms with Gasteiger partial charge in [-0.3, -0.25) is 4.55 Å². The highest BCUT2D eigenvalue weighted by Crippen LogP contribution is 2.09. The molecule has 5 heteroatoms. The second kappa shape index (κ2) is 6.18. The Balaban J connectivity index is 0.000000199. The lowest BCUT2D eigenvalue weighted by Gasteiger charge is -1.96. The topological polar surface area (TPSA) is 74.6 Å². The Morgan fingerprint density at radius 2 is 1.56 bits per heavy atom. The molecule has 0 radical (unpaired) electrons. The predicted octanol–water partition coefficient (Wildman–Crippen LogP) is 2.63. The van der Waals surface area contributed by atoms with E-state index in [-0.39, 0.29) is 4.90 Å². The summed E-state index contributed by atoms with van der Waals surface area (Å²) in [6.07, 6.45) is 0. The average Bonchev–Trinajstić information content (AvgIpc) is 2.30. The van der Waals surface area contributed by atoms with E-state index in [1.807, 2.05) is 6.07 Å². The molecule has 0 heterocycles. The molecule has 0 spiro atoms. The maximum atomic E-state index is 10.5. The summed E-state index contributed by atoms with van der Waals surface area (Å²) in [5.41, 5.74) is 0.806. The van der Waals surface area contributed by atoms with Crippen LogP contribution in [0, 0.1) is 6.92 Å². The van der Waals surface area contributed by atoms with Crippen LogP contribution in [-0.4, -0.2) is 18.1 Å². The lowest BCUT2D eigenvalue weighted by molar-refractivity contribution is 0.475. The molecular formula is C13H14O4S. The van der Waals surface area contributed by atoms with Gasteiger partial charge in [-0.1, -0.05) is 30.3 Å². The maximum absolute atomic E-state index is 10.5. The van der Waals surface area contributed by atoms with Crippen molar-refractivity contribution in [3.05, 3.63) is 60.2 Å². The first-order valence-electron chi connectivity index (χ1n) is 5.18. The smallest absolute Gasteiger partial charge is 0.294 e. The van der Waals surface area contributed by atoms with Crippen molar-refractivity contribution in [1.82, 2.24) is 0 Å². The minimum atomic E-state index is -4.03. The molecule has 0 aliphatic carbocycles. The monoisotopic (exact) mass is 266 g/mol. The molecule has 0 aromatic heterocycles. The summed E-state index contributed by atoms with van der Waals surface area (Å²) in [6.45, 7) is 1.76. The Hall–Kier alpha value is -1.85. The quantitative estimate of drug-likeness (QED) is 0.778. The Labute approximate surface area is 106 Å². The van der Waals surface area contributed by atoms with Crippen molar-refractivity contribution in [2.24, 2.45) is 0 Å². The molecular weight excluding hydrogens is 252 g/mol. The Morgan fingerprint density at radius 1 is 0.944 bits per heavy atom.